The van der Waals surface area contributed by atoms with Crippen molar-refractivity contribution in [2.45, 2.75) is 43.0 Å². The number of carbonyl (C=O) groups is 1. The van der Waals surface area contributed by atoms with Crippen molar-refractivity contribution in [3.63, 3.8) is 0 Å². The summed E-state index contributed by atoms with van der Waals surface area (Å²) in [4.78, 5) is 12.1. The molecule has 176 valence electrons. The number of methoxy groups -OCH3 is 1. The van der Waals surface area contributed by atoms with Gasteiger partial charge < -0.3 is 10.1 Å². The maximum absolute atomic E-state index is 12.8. The van der Waals surface area contributed by atoms with Gasteiger partial charge in [0.15, 0.2) is 0 Å². The lowest BCUT2D eigenvalue weighted by atomic mass is 10.2. The van der Waals surface area contributed by atoms with Crippen LogP contribution in [-0.4, -0.2) is 49.0 Å². The second kappa shape index (κ2) is 10.9. The van der Waals surface area contributed by atoms with Crippen LogP contribution in [0.4, 0.5) is 0 Å². The maximum Gasteiger partial charge on any atom is 0.251 e. The summed E-state index contributed by atoms with van der Waals surface area (Å²) in [6, 6.07) is 10.2. The first-order chi connectivity index (χ1) is 15.0. The molecule has 0 unspecified atom stereocenters. The predicted molar refractivity (Wildman–Crippen MR) is 122 cm³/mol. The number of carbonyl (C=O) groups excluding carboxylic acids is 1. The summed E-state index contributed by atoms with van der Waals surface area (Å²) in [7, 11) is -6.19. The first-order valence-corrected chi connectivity index (χ1v) is 13.0. The minimum Gasteiger partial charge on any atom is -0.495 e. The Morgan fingerprint density at radius 2 is 1.66 bits per heavy atom. The molecule has 0 saturated heterocycles. The smallest absolute Gasteiger partial charge is 0.251 e. The van der Waals surface area contributed by atoms with Gasteiger partial charge in [0.25, 0.3) is 5.91 Å². The van der Waals surface area contributed by atoms with Gasteiger partial charge in [-0.3, -0.25) is 4.79 Å². The molecule has 0 heterocycles. The zero-order valence-corrected chi connectivity index (χ0v) is 20.1. The van der Waals surface area contributed by atoms with Crippen molar-refractivity contribution in [2.75, 3.05) is 20.2 Å². The lowest BCUT2D eigenvalue weighted by molar-refractivity contribution is 0.0955. The summed E-state index contributed by atoms with van der Waals surface area (Å²) in [6.45, 7) is 5.73. The Kier molecular flexibility index (Phi) is 8.79. The van der Waals surface area contributed by atoms with Crippen LogP contribution in [0.5, 0.6) is 5.75 Å². The molecule has 0 atom stereocenters. The Morgan fingerprint density at radius 1 is 1.00 bits per heavy atom. The van der Waals surface area contributed by atoms with Crippen LogP contribution in [0.3, 0.4) is 0 Å². The van der Waals surface area contributed by atoms with Gasteiger partial charge in [-0.25, -0.2) is 26.3 Å². The number of rotatable bonds is 11. The second-order valence-electron chi connectivity index (χ2n) is 7.29. The summed E-state index contributed by atoms with van der Waals surface area (Å²) in [6.07, 6.45) is 0.343. The number of benzene rings is 2. The molecule has 0 aliphatic carbocycles. The third kappa shape index (κ3) is 6.76. The number of hydrogen-bond acceptors (Lipinski definition) is 6. The first-order valence-electron chi connectivity index (χ1n) is 10.1. The van der Waals surface area contributed by atoms with E-state index in [0.717, 1.165) is 5.56 Å². The number of ether oxygens (including phenoxy) is 1. The maximum atomic E-state index is 12.8. The molecule has 0 fully saturated rings. The van der Waals surface area contributed by atoms with Gasteiger partial charge in [-0.1, -0.05) is 12.1 Å². The van der Waals surface area contributed by atoms with Gasteiger partial charge in [0.05, 0.1) is 12.0 Å². The highest BCUT2D eigenvalue weighted by molar-refractivity contribution is 7.89. The Hall–Kier alpha value is -2.47. The van der Waals surface area contributed by atoms with Crippen molar-refractivity contribution in [1.82, 2.24) is 14.8 Å². The molecular formula is C21H29N3O6S2. The number of hydrogen-bond donors (Lipinski definition) is 3. The summed E-state index contributed by atoms with van der Waals surface area (Å²) < 4.78 is 60.2. The van der Waals surface area contributed by atoms with Gasteiger partial charge >= 0.3 is 0 Å². The average Bonchev–Trinajstić information content (AvgIpc) is 2.73. The van der Waals surface area contributed by atoms with Crippen molar-refractivity contribution in [1.29, 1.82) is 0 Å². The van der Waals surface area contributed by atoms with E-state index in [0.29, 0.717) is 13.0 Å². The van der Waals surface area contributed by atoms with Gasteiger partial charge in [-0.2, -0.15) is 0 Å². The monoisotopic (exact) mass is 483 g/mol. The van der Waals surface area contributed by atoms with Crippen LogP contribution in [0, 0.1) is 0 Å². The third-order valence-corrected chi connectivity index (χ3v) is 7.54. The number of nitrogens with one attached hydrogen (secondary N) is 3. The summed E-state index contributed by atoms with van der Waals surface area (Å²) in [5, 5.41) is 2.63. The van der Waals surface area contributed by atoms with Crippen LogP contribution in [0.1, 0.15) is 36.7 Å². The highest BCUT2D eigenvalue weighted by Crippen LogP contribution is 2.25. The van der Waals surface area contributed by atoms with Crippen LogP contribution in [0.25, 0.3) is 0 Å². The van der Waals surface area contributed by atoms with Crippen molar-refractivity contribution in [3.05, 3.63) is 53.6 Å². The molecule has 1 amide bonds. The van der Waals surface area contributed by atoms with E-state index in [2.05, 4.69) is 14.8 Å². The van der Waals surface area contributed by atoms with Gasteiger partial charge in [0, 0.05) is 24.7 Å². The quantitative estimate of drug-likeness (QED) is 0.446. The van der Waals surface area contributed by atoms with E-state index < -0.39 is 20.0 Å². The molecule has 11 heteroatoms. The molecule has 2 aromatic rings. The zero-order chi connectivity index (χ0) is 23.9. The molecule has 0 aliphatic rings. The van der Waals surface area contributed by atoms with E-state index >= 15 is 0 Å². The van der Waals surface area contributed by atoms with Gasteiger partial charge in [0.1, 0.15) is 10.6 Å². The fourth-order valence-corrected chi connectivity index (χ4v) is 5.39. The fraction of sp³-hybridized carbons (Fsp3) is 0.381. The lowest BCUT2D eigenvalue weighted by Gasteiger charge is -2.13. The average molecular weight is 484 g/mol. The van der Waals surface area contributed by atoms with E-state index in [4.69, 9.17) is 4.74 Å². The second-order valence-corrected chi connectivity index (χ2v) is 10.7. The van der Waals surface area contributed by atoms with E-state index in [-0.39, 0.29) is 39.6 Å². The molecule has 0 radical (unpaired) electrons. The Balaban J connectivity index is 2.11. The zero-order valence-electron chi connectivity index (χ0n) is 18.5. The lowest BCUT2D eigenvalue weighted by Crippen LogP contribution is -2.30. The molecule has 0 bridgehead atoms. The molecule has 2 aromatic carbocycles. The van der Waals surface area contributed by atoms with Crippen LogP contribution in [0.2, 0.25) is 0 Å². The Labute approximate surface area is 189 Å². The largest absolute Gasteiger partial charge is 0.495 e. The topological polar surface area (TPSA) is 131 Å². The van der Waals surface area contributed by atoms with Crippen molar-refractivity contribution < 1.29 is 26.4 Å². The molecule has 0 saturated carbocycles. The Bertz CT molecular complexity index is 1140. The van der Waals surface area contributed by atoms with E-state index in [9.17, 15) is 21.6 Å². The van der Waals surface area contributed by atoms with Crippen LogP contribution in [0.15, 0.2) is 52.3 Å². The fourth-order valence-electron chi connectivity index (χ4n) is 2.91. The summed E-state index contributed by atoms with van der Waals surface area (Å²) in [5.74, 6) is -0.258. The summed E-state index contributed by atoms with van der Waals surface area (Å²) in [5.41, 5.74) is 0.971. The van der Waals surface area contributed by atoms with Crippen LogP contribution < -0.4 is 19.5 Å². The van der Waals surface area contributed by atoms with Crippen molar-refractivity contribution >= 4 is 26.0 Å². The molecule has 2 rings (SSSR count). The molecule has 0 spiro atoms. The minimum atomic E-state index is -3.95. The van der Waals surface area contributed by atoms with E-state index in [1.54, 1.807) is 32.9 Å². The highest BCUT2D eigenvalue weighted by atomic mass is 32.2. The van der Waals surface area contributed by atoms with Gasteiger partial charge in [-0.15, -0.1) is 0 Å². The van der Waals surface area contributed by atoms with Crippen molar-refractivity contribution in [2.24, 2.45) is 0 Å². The first kappa shape index (κ1) is 25.8. The Morgan fingerprint density at radius 3 is 2.22 bits per heavy atom. The molecule has 3 N–H and O–H groups in total. The number of amides is 1. The van der Waals surface area contributed by atoms with E-state index in [1.165, 1.54) is 37.4 Å². The minimum absolute atomic E-state index is 0.0766. The van der Waals surface area contributed by atoms with Crippen LogP contribution in [-0.2, 0) is 26.5 Å². The highest BCUT2D eigenvalue weighted by Gasteiger charge is 2.21. The molecular weight excluding hydrogens is 454 g/mol. The van der Waals surface area contributed by atoms with Gasteiger partial charge in [0.2, 0.25) is 20.0 Å². The summed E-state index contributed by atoms with van der Waals surface area (Å²) >= 11 is 0. The third-order valence-electron chi connectivity index (χ3n) is 4.38. The molecule has 0 aromatic heterocycles. The van der Waals surface area contributed by atoms with Crippen LogP contribution >= 0.6 is 0 Å². The number of sulfonamides is 2. The molecule has 32 heavy (non-hydrogen) atoms. The SMILES string of the molecule is CCNC(=O)c1ccc(OC)c(S(=O)(=O)NCCc2ccc(S(=O)(=O)NC(C)C)cc2)c1. The van der Waals surface area contributed by atoms with E-state index in [1.807, 2.05) is 0 Å². The van der Waals surface area contributed by atoms with Crippen molar-refractivity contribution in [3.8, 4) is 5.75 Å². The standard InChI is InChI=1S/C21H29N3O6S2/c1-5-22-21(25)17-8-11-19(30-4)20(14-17)32(28,29)23-13-12-16-6-9-18(10-7-16)31(26,27)24-15(2)3/h6-11,14-15,23-24H,5,12-13H2,1-4H3,(H,22,25). The predicted octanol–water partition coefficient (Wildman–Crippen LogP) is 1.65. The molecule has 9 nitrogen and oxygen atoms in total. The molecule has 0 aliphatic heterocycles. The van der Waals surface area contributed by atoms with Gasteiger partial charge in [-0.05, 0) is 63.1 Å². The normalized spacial score (nSPS) is 12.0.